The van der Waals surface area contributed by atoms with Crippen LogP contribution in [0, 0.1) is 0 Å². The predicted molar refractivity (Wildman–Crippen MR) is 74.1 cm³/mol. The maximum Gasteiger partial charge on any atom is 0.212 e. The second kappa shape index (κ2) is 4.57. The zero-order valence-electron chi connectivity index (χ0n) is 11.3. The molecule has 0 radical (unpaired) electrons. The second-order valence-corrected chi connectivity index (χ2v) is 4.81. The van der Waals surface area contributed by atoms with Crippen LogP contribution in [0.15, 0.2) is 18.3 Å². The van der Waals surface area contributed by atoms with Crippen molar-refractivity contribution in [1.82, 2.24) is 14.5 Å². The fraction of sp³-hybridized carbons (Fsp3) is 0.429. The highest BCUT2D eigenvalue weighted by atomic mass is 16.5. The van der Waals surface area contributed by atoms with Gasteiger partial charge in [-0.3, -0.25) is 0 Å². The van der Waals surface area contributed by atoms with Gasteiger partial charge in [0.15, 0.2) is 0 Å². The lowest BCUT2D eigenvalue weighted by atomic mass is 10.2. The Balaban J connectivity index is 2.03. The molecule has 100 valence electrons. The van der Waals surface area contributed by atoms with Crippen molar-refractivity contribution < 1.29 is 4.74 Å². The highest BCUT2D eigenvalue weighted by Gasteiger charge is 2.30. The van der Waals surface area contributed by atoms with Crippen molar-refractivity contribution >= 4 is 5.82 Å². The summed E-state index contributed by atoms with van der Waals surface area (Å²) in [5.41, 5.74) is 7.99. The summed E-state index contributed by atoms with van der Waals surface area (Å²) in [6.07, 6.45) is 4.20. The van der Waals surface area contributed by atoms with E-state index < -0.39 is 0 Å². The standard InChI is InChI=1S/C14H18N4O/c1-3-18-13(15)12(17-14(18)9-4-5-9)10-6-7-11(19-2)16-8-10/h6-9H,3-5,15H2,1-2H3. The van der Waals surface area contributed by atoms with Gasteiger partial charge in [0.05, 0.1) is 7.11 Å². The first-order valence-corrected chi connectivity index (χ1v) is 6.61. The molecule has 0 amide bonds. The highest BCUT2D eigenvalue weighted by Crippen LogP contribution is 2.42. The number of nitrogen functional groups attached to an aromatic ring is 1. The van der Waals surface area contributed by atoms with Crippen molar-refractivity contribution in [3.8, 4) is 17.1 Å². The van der Waals surface area contributed by atoms with E-state index in [1.165, 1.54) is 12.8 Å². The maximum absolute atomic E-state index is 6.22. The molecule has 2 N–H and O–H groups in total. The monoisotopic (exact) mass is 258 g/mol. The average molecular weight is 258 g/mol. The summed E-state index contributed by atoms with van der Waals surface area (Å²) in [5, 5.41) is 0. The summed E-state index contributed by atoms with van der Waals surface area (Å²) in [5.74, 6) is 3.03. The van der Waals surface area contributed by atoms with E-state index in [1.54, 1.807) is 13.3 Å². The van der Waals surface area contributed by atoms with Crippen LogP contribution >= 0.6 is 0 Å². The van der Waals surface area contributed by atoms with Crippen LogP contribution in [0.4, 0.5) is 5.82 Å². The Morgan fingerprint density at radius 2 is 2.21 bits per heavy atom. The predicted octanol–water partition coefficient (Wildman–Crippen LogP) is 2.43. The Bertz CT molecular complexity index is 584. The normalized spacial score (nSPS) is 14.6. The summed E-state index contributed by atoms with van der Waals surface area (Å²) in [7, 11) is 1.60. The minimum absolute atomic E-state index is 0.585. The summed E-state index contributed by atoms with van der Waals surface area (Å²) in [6, 6.07) is 3.78. The molecule has 0 aliphatic heterocycles. The van der Waals surface area contributed by atoms with Gasteiger partial charge in [-0.2, -0.15) is 0 Å². The third kappa shape index (κ3) is 2.05. The van der Waals surface area contributed by atoms with Gasteiger partial charge in [-0.25, -0.2) is 9.97 Å². The number of anilines is 1. The molecule has 5 nitrogen and oxygen atoms in total. The zero-order valence-corrected chi connectivity index (χ0v) is 11.3. The molecule has 2 aromatic heterocycles. The number of nitrogens with two attached hydrogens (primary N) is 1. The van der Waals surface area contributed by atoms with Gasteiger partial charge in [0.25, 0.3) is 0 Å². The number of imidazole rings is 1. The van der Waals surface area contributed by atoms with Crippen LogP contribution in [0.1, 0.15) is 31.5 Å². The van der Waals surface area contributed by atoms with Crippen molar-refractivity contribution in [2.45, 2.75) is 32.2 Å². The lowest BCUT2D eigenvalue weighted by Gasteiger charge is -2.05. The number of hydrogen-bond acceptors (Lipinski definition) is 4. The first kappa shape index (κ1) is 12.0. The molecular weight excluding hydrogens is 240 g/mol. The molecular formula is C14H18N4O. The lowest BCUT2D eigenvalue weighted by Crippen LogP contribution is -2.04. The third-order valence-corrected chi connectivity index (χ3v) is 3.51. The smallest absolute Gasteiger partial charge is 0.212 e. The molecule has 0 aromatic carbocycles. The van der Waals surface area contributed by atoms with Crippen LogP contribution in [-0.2, 0) is 6.54 Å². The van der Waals surface area contributed by atoms with Crippen LogP contribution < -0.4 is 10.5 Å². The maximum atomic E-state index is 6.22. The summed E-state index contributed by atoms with van der Waals surface area (Å²) < 4.78 is 7.17. The molecule has 19 heavy (non-hydrogen) atoms. The molecule has 2 aromatic rings. The molecule has 1 aliphatic rings. The van der Waals surface area contributed by atoms with Gasteiger partial charge in [-0.1, -0.05) is 0 Å². The first-order valence-electron chi connectivity index (χ1n) is 6.61. The largest absolute Gasteiger partial charge is 0.481 e. The molecule has 0 atom stereocenters. The zero-order chi connectivity index (χ0) is 13.4. The van der Waals surface area contributed by atoms with Crippen LogP contribution in [0.3, 0.4) is 0 Å². The van der Waals surface area contributed by atoms with E-state index in [0.29, 0.717) is 11.8 Å². The fourth-order valence-corrected chi connectivity index (χ4v) is 2.32. The van der Waals surface area contributed by atoms with Crippen LogP contribution in [0.2, 0.25) is 0 Å². The molecule has 3 rings (SSSR count). The molecule has 0 spiro atoms. The molecule has 0 saturated heterocycles. The Labute approximate surface area is 112 Å². The Morgan fingerprint density at radius 3 is 2.74 bits per heavy atom. The van der Waals surface area contributed by atoms with Crippen LogP contribution in [0.5, 0.6) is 5.88 Å². The van der Waals surface area contributed by atoms with Crippen LogP contribution in [-0.4, -0.2) is 21.6 Å². The lowest BCUT2D eigenvalue weighted by molar-refractivity contribution is 0.398. The minimum Gasteiger partial charge on any atom is -0.481 e. The molecule has 1 fully saturated rings. The van der Waals surface area contributed by atoms with E-state index >= 15 is 0 Å². The van der Waals surface area contributed by atoms with E-state index in [-0.39, 0.29) is 0 Å². The van der Waals surface area contributed by atoms with Crippen LogP contribution in [0.25, 0.3) is 11.3 Å². The van der Waals surface area contributed by atoms with Gasteiger partial charge in [-0.15, -0.1) is 0 Å². The van der Waals surface area contributed by atoms with Gasteiger partial charge in [-0.05, 0) is 25.8 Å². The average Bonchev–Trinajstić information content (AvgIpc) is 3.23. The quantitative estimate of drug-likeness (QED) is 0.914. The Morgan fingerprint density at radius 1 is 1.42 bits per heavy atom. The van der Waals surface area contributed by atoms with E-state index in [1.807, 2.05) is 12.1 Å². The van der Waals surface area contributed by atoms with Crippen molar-refractivity contribution in [2.24, 2.45) is 0 Å². The second-order valence-electron chi connectivity index (χ2n) is 4.81. The number of pyridine rings is 1. The number of hydrogen-bond donors (Lipinski definition) is 1. The van der Waals surface area contributed by atoms with E-state index in [2.05, 4.69) is 16.5 Å². The molecule has 5 heteroatoms. The number of rotatable bonds is 4. The van der Waals surface area contributed by atoms with Gasteiger partial charge >= 0.3 is 0 Å². The molecule has 1 aliphatic carbocycles. The van der Waals surface area contributed by atoms with Gasteiger partial charge in [0, 0.05) is 30.3 Å². The molecule has 2 heterocycles. The summed E-state index contributed by atoms with van der Waals surface area (Å²) in [4.78, 5) is 8.94. The minimum atomic E-state index is 0.585. The van der Waals surface area contributed by atoms with Gasteiger partial charge in [0.1, 0.15) is 17.3 Å². The Hall–Kier alpha value is -2.04. The number of aromatic nitrogens is 3. The van der Waals surface area contributed by atoms with Crippen molar-refractivity contribution in [3.05, 3.63) is 24.2 Å². The molecule has 0 bridgehead atoms. The van der Waals surface area contributed by atoms with Crippen molar-refractivity contribution in [1.29, 1.82) is 0 Å². The van der Waals surface area contributed by atoms with Gasteiger partial charge < -0.3 is 15.0 Å². The SMILES string of the molecule is CCn1c(C2CC2)nc(-c2ccc(OC)nc2)c1N. The topological polar surface area (TPSA) is 66.0 Å². The van der Waals surface area contributed by atoms with Crippen molar-refractivity contribution in [2.75, 3.05) is 12.8 Å². The molecule has 1 saturated carbocycles. The number of methoxy groups -OCH3 is 1. The highest BCUT2D eigenvalue weighted by molar-refractivity contribution is 5.70. The van der Waals surface area contributed by atoms with Gasteiger partial charge in [0.2, 0.25) is 5.88 Å². The molecule has 0 unspecified atom stereocenters. The summed E-state index contributed by atoms with van der Waals surface area (Å²) >= 11 is 0. The van der Waals surface area contributed by atoms with E-state index in [9.17, 15) is 0 Å². The first-order chi connectivity index (χ1) is 9.24. The van der Waals surface area contributed by atoms with Crippen molar-refractivity contribution in [3.63, 3.8) is 0 Å². The number of ether oxygens (including phenoxy) is 1. The summed E-state index contributed by atoms with van der Waals surface area (Å²) in [6.45, 7) is 2.95. The van der Waals surface area contributed by atoms with E-state index in [0.717, 1.165) is 29.4 Å². The fourth-order valence-electron chi connectivity index (χ4n) is 2.32. The van der Waals surface area contributed by atoms with E-state index in [4.69, 9.17) is 15.5 Å². The third-order valence-electron chi connectivity index (χ3n) is 3.51. The number of nitrogens with zero attached hydrogens (tertiary/aromatic N) is 3. The Kier molecular flexibility index (Phi) is 2.89.